The molecule has 0 spiro atoms. The third kappa shape index (κ3) is 1.81. The standard InChI is InChI=1S/C12H15N3O/c1-2-4-12-11(3-1)13-9-15(12)10-14-5-7-16-8-6-14/h1-4,9H,5-8,10H2. The van der Waals surface area contributed by atoms with Gasteiger partial charge in [-0.05, 0) is 12.1 Å². The predicted molar refractivity (Wildman–Crippen MR) is 62.1 cm³/mol. The Hall–Kier alpha value is -1.39. The quantitative estimate of drug-likeness (QED) is 0.760. The number of morpholine rings is 1. The Balaban J connectivity index is 1.83. The monoisotopic (exact) mass is 217 g/mol. The zero-order valence-corrected chi connectivity index (χ0v) is 9.17. The number of nitrogens with zero attached hydrogens (tertiary/aromatic N) is 3. The highest BCUT2D eigenvalue weighted by molar-refractivity contribution is 5.74. The first-order valence-corrected chi connectivity index (χ1v) is 5.63. The molecule has 0 amide bonds. The van der Waals surface area contributed by atoms with E-state index in [9.17, 15) is 0 Å². The number of hydrogen-bond acceptors (Lipinski definition) is 3. The Morgan fingerprint density at radius 3 is 2.88 bits per heavy atom. The largest absolute Gasteiger partial charge is 0.379 e. The molecule has 0 bridgehead atoms. The Kier molecular flexibility index (Phi) is 2.60. The maximum Gasteiger partial charge on any atom is 0.0969 e. The van der Waals surface area contributed by atoms with Crippen molar-refractivity contribution in [3.05, 3.63) is 30.6 Å². The van der Waals surface area contributed by atoms with Gasteiger partial charge in [-0.25, -0.2) is 4.98 Å². The van der Waals surface area contributed by atoms with Crippen LogP contribution in [0.4, 0.5) is 0 Å². The van der Waals surface area contributed by atoms with Gasteiger partial charge in [-0.2, -0.15) is 0 Å². The molecule has 0 unspecified atom stereocenters. The van der Waals surface area contributed by atoms with Crippen LogP contribution < -0.4 is 0 Å². The van der Waals surface area contributed by atoms with Crippen LogP contribution in [0.5, 0.6) is 0 Å². The van der Waals surface area contributed by atoms with E-state index in [0.29, 0.717) is 0 Å². The summed E-state index contributed by atoms with van der Waals surface area (Å²) in [6.07, 6.45) is 1.92. The molecule has 16 heavy (non-hydrogen) atoms. The molecular weight excluding hydrogens is 202 g/mol. The van der Waals surface area contributed by atoms with E-state index in [1.54, 1.807) is 0 Å². The van der Waals surface area contributed by atoms with E-state index >= 15 is 0 Å². The minimum absolute atomic E-state index is 0.840. The first-order valence-electron chi connectivity index (χ1n) is 5.63. The van der Waals surface area contributed by atoms with Crippen molar-refractivity contribution in [2.24, 2.45) is 0 Å². The maximum atomic E-state index is 5.34. The molecule has 1 saturated heterocycles. The number of hydrogen-bond donors (Lipinski definition) is 0. The van der Waals surface area contributed by atoms with Gasteiger partial charge in [0.25, 0.3) is 0 Å². The van der Waals surface area contributed by atoms with Crippen molar-refractivity contribution in [3.63, 3.8) is 0 Å². The van der Waals surface area contributed by atoms with Gasteiger partial charge >= 0.3 is 0 Å². The van der Waals surface area contributed by atoms with Crippen molar-refractivity contribution >= 4 is 11.0 Å². The second-order valence-electron chi connectivity index (χ2n) is 4.07. The van der Waals surface area contributed by atoms with E-state index in [1.165, 1.54) is 5.52 Å². The van der Waals surface area contributed by atoms with Crippen LogP contribution in [-0.2, 0) is 11.4 Å². The lowest BCUT2D eigenvalue weighted by Crippen LogP contribution is -2.37. The summed E-state index contributed by atoms with van der Waals surface area (Å²) in [6, 6.07) is 8.24. The number of ether oxygens (including phenoxy) is 1. The Labute approximate surface area is 94.4 Å². The molecule has 2 aromatic rings. The summed E-state index contributed by atoms with van der Waals surface area (Å²) in [6.45, 7) is 4.60. The third-order valence-electron chi connectivity index (χ3n) is 2.98. The van der Waals surface area contributed by atoms with Gasteiger partial charge in [0, 0.05) is 13.1 Å². The van der Waals surface area contributed by atoms with E-state index in [1.807, 2.05) is 18.5 Å². The highest BCUT2D eigenvalue weighted by Gasteiger charge is 2.11. The topological polar surface area (TPSA) is 30.3 Å². The van der Waals surface area contributed by atoms with E-state index in [-0.39, 0.29) is 0 Å². The summed E-state index contributed by atoms with van der Waals surface area (Å²) < 4.78 is 7.53. The molecule has 1 aromatic carbocycles. The molecule has 4 heteroatoms. The Morgan fingerprint density at radius 2 is 2.00 bits per heavy atom. The van der Waals surface area contributed by atoms with E-state index in [0.717, 1.165) is 38.5 Å². The molecule has 3 rings (SSSR count). The summed E-state index contributed by atoms with van der Waals surface area (Å²) in [4.78, 5) is 6.78. The van der Waals surface area contributed by atoms with Crippen LogP contribution in [0.15, 0.2) is 30.6 Å². The lowest BCUT2D eigenvalue weighted by molar-refractivity contribution is 0.0241. The number of imidazole rings is 1. The molecule has 0 aliphatic carbocycles. The van der Waals surface area contributed by atoms with E-state index in [2.05, 4.69) is 26.6 Å². The average Bonchev–Trinajstić information content (AvgIpc) is 2.74. The van der Waals surface area contributed by atoms with Gasteiger partial charge in [0.2, 0.25) is 0 Å². The highest BCUT2D eigenvalue weighted by atomic mass is 16.5. The zero-order chi connectivity index (χ0) is 10.8. The molecule has 1 aliphatic rings. The Bertz CT molecular complexity index is 474. The molecule has 0 N–H and O–H groups in total. The number of rotatable bonds is 2. The minimum Gasteiger partial charge on any atom is -0.379 e. The Morgan fingerprint density at radius 1 is 1.19 bits per heavy atom. The van der Waals surface area contributed by atoms with Gasteiger partial charge in [-0.15, -0.1) is 0 Å². The van der Waals surface area contributed by atoms with Crippen LogP contribution >= 0.6 is 0 Å². The summed E-state index contributed by atoms with van der Waals surface area (Å²) in [5, 5.41) is 0. The van der Waals surface area contributed by atoms with E-state index in [4.69, 9.17) is 4.74 Å². The van der Waals surface area contributed by atoms with Gasteiger partial charge < -0.3 is 9.30 Å². The van der Waals surface area contributed by atoms with Crippen LogP contribution in [0.25, 0.3) is 11.0 Å². The second-order valence-corrected chi connectivity index (χ2v) is 4.07. The van der Waals surface area contributed by atoms with Gasteiger partial charge in [-0.3, -0.25) is 4.90 Å². The lowest BCUT2D eigenvalue weighted by Gasteiger charge is -2.26. The van der Waals surface area contributed by atoms with Crippen molar-refractivity contribution in [3.8, 4) is 0 Å². The number of aromatic nitrogens is 2. The number of benzene rings is 1. The third-order valence-corrected chi connectivity index (χ3v) is 2.98. The lowest BCUT2D eigenvalue weighted by atomic mass is 10.3. The maximum absolute atomic E-state index is 5.34. The smallest absolute Gasteiger partial charge is 0.0969 e. The normalized spacial score (nSPS) is 18.0. The van der Waals surface area contributed by atoms with Crippen molar-refractivity contribution in [2.75, 3.05) is 26.3 Å². The fourth-order valence-electron chi connectivity index (χ4n) is 2.08. The van der Waals surface area contributed by atoms with Gasteiger partial charge in [-0.1, -0.05) is 12.1 Å². The van der Waals surface area contributed by atoms with Crippen LogP contribution in [0.3, 0.4) is 0 Å². The van der Waals surface area contributed by atoms with Crippen LogP contribution in [-0.4, -0.2) is 40.8 Å². The van der Waals surface area contributed by atoms with Crippen LogP contribution in [0, 0.1) is 0 Å². The fourth-order valence-corrected chi connectivity index (χ4v) is 2.08. The molecular formula is C12H15N3O. The molecule has 2 heterocycles. The first kappa shape index (κ1) is 9.81. The molecule has 1 aliphatic heterocycles. The molecule has 4 nitrogen and oxygen atoms in total. The molecule has 0 radical (unpaired) electrons. The van der Waals surface area contributed by atoms with Crippen molar-refractivity contribution in [1.29, 1.82) is 0 Å². The molecule has 1 aromatic heterocycles. The highest BCUT2D eigenvalue weighted by Crippen LogP contribution is 2.12. The number of para-hydroxylation sites is 2. The predicted octanol–water partition coefficient (Wildman–Crippen LogP) is 1.33. The average molecular weight is 217 g/mol. The van der Waals surface area contributed by atoms with Crippen molar-refractivity contribution in [1.82, 2.24) is 14.5 Å². The fraction of sp³-hybridized carbons (Fsp3) is 0.417. The van der Waals surface area contributed by atoms with Gasteiger partial charge in [0.15, 0.2) is 0 Å². The van der Waals surface area contributed by atoms with Gasteiger partial charge in [0.1, 0.15) is 0 Å². The minimum atomic E-state index is 0.840. The summed E-state index contributed by atoms with van der Waals surface area (Å²) in [5.41, 5.74) is 2.27. The summed E-state index contributed by atoms with van der Waals surface area (Å²) in [5.74, 6) is 0. The first-order chi connectivity index (χ1) is 7.93. The molecule has 0 saturated carbocycles. The zero-order valence-electron chi connectivity index (χ0n) is 9.17. The van der Waals surface area contributed by atoms with E-state index < -0.39 is 0 Å². The van der Waals surface area contributed by atoms with Crippen LogP contribution in [0.1, 0.15) is 0 Å². The molecule has 84 valence electrons. The summed E-state index contributed by atoms with van der Waals surface area (Å²) >= 11 is 0. The molecule has 1 fully saturated rings. The summed E-state index contributed by atoms with van der Waals surface area (Å²) in [7, 11) is 0. The second kappa shape index (κ2) is 4.23. The van der Waals surface area contributed by atoms with Crippen LogP contribution in [0.2, 0.25) is 0 Å². The van der Waals surface area contributed by atoms with Crippen molar-refractivity contribution < 1.29 is 4.74 Å². The number of fused-ring (bicyclic) bond motifs is 1. The van der Waals surface area contributed by atoms with Gasteiger partial charge in [0.05, 0.1) is 37.2 Å². The SMILES string of the molecule is c1ccc2c(c1)ncn2CN1CCOCC1. The van der Waals surface area contributed by atoms with Crippen molar-refractivity contribution in [2.45, 2.75) is 6.67 Å². The molecule has 0 atom stereocenters.